The van der Waals surface area contributed by atoms with Crippen molar-refractivity contribution in [2.75, 3.05) is 56.1 Å². The SMILES string of the molecule is Cc1cc(S(=O)(=O)NCCOC2CCN(CC3CCN(c4ccc5c(c4)n(C)c(=O)n5C4CCC(=O)NC4=O)CC3)CC2)ccc1Nc1ncc2cc(Cl)c(=O)n(C3CCCC3)c2n1. The van der Waals surface area contributed by atoms with E-state index in [1.165, 1.54) is 4.57 Å². The van der Waals surface area contributed by atoms with E-state index >= 15 is 0 Å². The van der Waals surface area contributed by atoms with Crippen molar-refractivity contribution in [1.82, 2.24) is 38.6 Å². The van der Waals surface area contributed by atoms with Crippen LogP contribution in [0.3, 0.4) is 0 Å². The molecule has 1 atom stereocenters. The second-order valence-corrected chi connectivity index (χ2v) is 19.9. The number of carbonyl (C=O) groups is 2. The lowest BCUT2D eigenvalue weighted by Crippen LogP contribution is -2.44. The van der Waals surface area contributed by atoms with Gasteiger partial charge in [-0.05, 0) is 106 Å². The normalized spacial score (nSPS) is 19.9. The Bertz CT molecular complexity index is 2820. The summed E-state index contributed by atoms with van der Waals surface area (Å²) in [6, 6.07) is 11.7. The van der Waals surface area contributed by atoms with E-state index in [1.807, 2.05) is 25.1 Å². The monoisotopic (exact) mass is 914 g/mol. The number of pyridine rings is 1. The third-order valence-electron chi connectivity index (χ3n) is 13.5. The number of imide groups is 1. The molecule has 64 heavy (non-hydrogen) atoms. The molecule has 19 heteroatoms. The minimum Gasteiger partial charge on any atom is -0.377 e. The molecule has 1 aliphatic carbocycles. The van der Waals surface area contributed by atoms with Gasteiger partial charge in [0.2, 0.25) is 27.8 Å². The molecule has 1 unspecified atom stereocenters. The number of hydrogen-bond donors (Lipinski definition) is 3. The van der Waals surface area contributed by atoms with Crippen molar-refractivity contribution < 1.29 is 22.7 Å². The maximum Gasteiger partial charge on any atom is 0.329 e. The third-order valence-corrected chi connectivity index (χ3v) is 15.3. The fourth-order valence-electron chi connectivity index (χ4n) is 9.97. The quantitative estimate of drug-likeness (QED) is 0.107. The molecule has 3 N–H and O–H groups in total. The van der Waals surface area contributed by atoms with Crippen LogP contribution in [-0.4, -0.2) is 101 Å². The van der Waals surface area contributed by atoms with Gasteiger partial charge in [0.15, 0.2) is 0 Å². The number of carbonyl (C=O) groups excluding carboxylic acids is 2. The zero-order valence-electron chi connectivity index (χ0n) is 36.2. The molecule has 1 saturated carbocycles. The smallest absolute Gasteiger partial charge is 0.329 e. The predicted octanol–water partition coefficient (Wildman–Crippen LogP) is 4.92. The Hall–Kier alpha value is -5.14. The zero-order chi connectivity index (χ0) is 44.7. The lowest BCUT2D eigenvalue weighted by molar-refractivity contribution is -0.135. The molecule has 0 bridgehead atoms. The number of ether oxygens (including phenoxy) is 1. The summed E-state index contributed by atoms with van der Waals surface area (Å²) in [5.41, 5.74) is 3.85. The van der Waals surface area contributed by atoms with Crippen molar-refractivity contribution in [3.63, 3.8) is 0 Å². The zero-order valence-corrected chi connectivity index (χ0v) is 37.8. The number of rotatable bonds is 13. The van der Waals surface area contributed by atoms with Gasteiger partial charge in [-0.3, -0.25) is 33.4 Å². The number of piperidine rings is 3. The maximum absolute atomic E-state index is 13.3. The van der Waals surface area contributed by atoms with Crippen molar-refractivity contribution in [3.05, 3.63) is 80.1 Å². The lowest BCUT2D eigenvalue weighted by atomic mass is 9.94. The summed E-state index contributed by atoms with van der Waals surface area (Å²) in [4.78, 5) is 64.7. The van der Waals surface area contributed by atoms with E-state index in [2.05, 4.69) is 30.1 Å². The van der Waals surface area contributed by atoms with Crippen LogP contribution >= 0.6 is 11.6 Å². The number of aromatic nitrogens is 5. The number of aryl methyl sites for hydroxylation is 2. The first kappa shape index (κ1) is 44.1. The van der Waals surface area contributed by atoms with Crippen molar-refractivity contribution in [2.45, 2.75) is 94.2 Å². The number of nitrogens with one attached hydrogen (secondary N) is 3. The van der Waals surface area contributed by atoms with Gasteiger partial charge in [-0.15, -0.1) is 0 Å². The highest BCUT2D eigenvalue weighted by Gasteiger charge is 2.32. The van der Waals surface area contributed by atoms with E-state index in [9.17, 15) is 27.6 Å². The summed E-state index contributed by atoms with van der Waals surface area (Å²) >= 11 is 6.28. The molecule has 2 amide bonds. The van der Waals surface area contributed by atoms with Gasteiger partial charge >= 0.3 is 5.69 Å². The summed E-state index contributed by atoms with van der Waals surface area (Å²) in [5.74, 6) is 0.132. The first-order valence-electron chi connectivity index (χ1n) is 22.4. The molecule has 2 aromatic carbocycles. The van der Waals surface area contributed by atoms with Gasteiger partial charge in [-0.2, -0.15) is 4.98 Å². The molecule has 4 fully saturated rings. The molecule has 4 aliphatic rings. The van der Waals surface area contributed by atoms with Crippen LogP contribution in [0.5, 0.6) is 0 Å². The fourth-order valence-corrected chi connectivity index (χ4v) is 11.3. The molecule has 3 saturated heterocycles. The average molecular weight is 916 g/mol. The summed E-state index contributed by atoms with van der Waals surface area (Å²) in [5, 5.41) is 6.39. The average Bonchev–Trinajstić information content (AvgIpc) is 3.90. The molecule has 0 spiro atoms. The summed E-state index contributed by atoms with van der Waals surface area (Å²) in [6.07, 6.45) is 10.0. The first-order chi connectivity index (χ1) is 30.8. The van der Waals surface area contributed by atoms with Crippen LogP contribution in [0.4, 0.5) is 17.3 Å². The van der Waals surface area contributed by atoms with Gasteiger partial charge in [0.1, 0.15) is 16.7 Å². The van der Waals surface area contributed by atoms with E-state index in [1.54, 1.807) is 46.6 Å². The lowest BCUT2D eigenvalue weighted by Gasteiger charge is -2.38. The Kier molecular flexibility index (Phi) is 12.7. The number of anilines is 3. The highest BCUT2D eigenvalue weighted by Crippen LogP contribution is 2.33. The Morgan fingerprint density at radius 3 is 2.39 bits per heavy atom. The van der Waals surface area contributed by atoms with Gasteiger partial charge in [0.25, 0.3) is 5.56 Å². The molecule has 3 aromatic heterocycles. The van der Waals surface area contributed by atoms with Gasteiger partial charge < -0.3 is 19.9 Å². The minimum absolute atomic E-state index is 0.0375. The first-order valence-corrected chi connectivity index (χ1v) is 24.3. The minimum atomic E-state index is -3.78. The molecule has 0 radical (unpaired) electrons. The van der Waals surface area contributed by atoms with Crippen molar-refractivity contribution >= 4 is 72.8 Å². The van der Waals surface area contributed by atoms with Crippen LogP contribution in [0.1, 0.15) is 81.9 Å². The number of imidazole rings is 1. The fraction of sp³-hybridized carbons (Fsp3) is 0.511. The summed E-state index contributed by atoms with van der Waals surface area (Å²) in [7, 11) is -2.06. The summed E-state index contributed by atoms with van der Waals surface area (Å²) < 4.78 is 40.1. The van der Waals surface area contributed by atoms with Gasteiger partial charge in [-0.1, -0.05) is 24.4 Å². The number of amides is 2. The van der Waals surface area contributed by atoms with Crippen LogP contribution in [-0.2, 0) is 31.4 Å². The maximum atomic E-state index is 13.3. The highest BCUT2D eigenvalue weighted by atomic mass is 35.5. The number of fused-ring (bicyclic) bond motifs is 2. The van der Waals surface area contributed by atoms with Gasteiger partial charge in [-0.25, -0.2) is 22.9 Å². The standard InChI is InChI=1S/C45H55ClN10O7S/c1-28-23-34(8-9-36(28)49-44-47-26-30-24-35(46)43(59)55(41(30)51-44)31-5-3-4-6-31)64(61,62)48-17-22-63-33-15-18-53(19-16-33)27-29-13-20-54(21-14-29)32-7-10-37-39(25-32)52(2)45(60)56(37)38-11-12-40(57)50-42(38)58/h7-10,23-26,29,31,33,38,48H,3-6,11-22,27H2,1-2H3,(H,47,49,51)(H,50,57,58). The Balaban J connectivity index is 0.712. The molecular formula is C45H55ClN10O7S. The van der Waals surface area contributed by atoms with Crippen molar-refractivity contribution in [1.29, 1.82) is 0 Å². The Morgan fingerprint density at radius 1 is 0.891 bits per heavy atom. The van der Waals surface area contributed by atoms with E-state index in [4.69, 9.17) is 21.3 Å². The third kappa shape index (κ3) is 9.07. The van der Waals surface area contributed by atoms with Crippen molar-refractivity contribution in [2.24, 2.45) is 13.0 Å². The number of benzene rings is 2. The molecule has 6 heterocycles. The molecule has 3 aliphatic heterocycles. The Morgan fingerprint density at radius 2 is 1.66 bits per heavy atom. The second kappa shape index (κ2) is 18.4. The van der Waals surface area contributed by atoms with Crippen LogP contribution in [0, 0.1) is 12.8 Å². The van der Waals surface area contributed by atoms with E-state index < -0.39 is 22.0 Å². The van der Waals surface area contributed by atoms with Gasteiger partial charge in [0.05, 0.1) is 28.6 Å². The van der Waals surface area contributed by atoms with Crippen LogP contribution in [0.25, 0.3) is 22.1 Å². The molecular weight excluding hydrogens is 860 g/mol. The molecule has 5 aromatic rings. The van der Waals surface area contributed by atoms with Crippen LogP contribution < -0.4 is 31.5 Å². The molecule has 17 nitrogen and oxygen atoms in total. The van der Waals surface area contributed by atoms with Crippen LogP contribution in [0.2, 0.25) is 5.02 Å². The predicted molar refractivity (Wildman–Crippen MR) is 245 cm³/mol. The Labute approximate surface area is 376 Å². The topological polar surface area (TPSA) is 195 Å². The second-order valence-electron chi connectivity index (χ2n) is 17.7. The highest BCUT2D eigenvalue weighted by molar-refractivity contribution is 7.89. The van der Waals surface area contributed by atoms with E-state index in [0.717, 1.165) is 95.3 Å². The van der Waals surface area contributed by atoms with E-state index in [-0.39, 0.29) is 58.8 Å². The number of halogens is 1. The number of sulfonamides is 1. The van der Waals surface area contributed by atoms with Crippen molar-refractivity contribution in [3.8, 4) is 0 Å². The number of nitrogens with zero attached hydrogens (tertiary/aromatic N) is 7. The van der Waals surface area contributed by atoms with Crippen LogP contribution in [0.15, 0.2) is 63.1 Å². The molecule has 9 rings (SSSR count). The largest absolute Gasteiger partial charge is 0.377 e. The number of hydrogen-bond acceptors (Lipinski definition) is 12. The molecule has 340 valence electrons. The number of likely N-dealkylation sites (tertiary alicyclic amines) is 1. The van der Waals surface area contributed by atoms with E-state index in [0.29, 0.717) is 46.1 Å². The van der Waals surface area contributed by atoms with Gasteiger partial charge in [0, 0.05) is 81.7 Å². The summed E-state index contributed by atoms with van der Waals surface area (Å²) in [6.45, 7) is 6.98.